The van der Waals surface area contributed by atoms with Crippen molar-refractivity contribution in [1.29, 1.82) is 0 Å². The van der Waals surface area contributed by atoms with Crippen LogP contribution in [0.3, 0.4) is 0 Å². The van der Waals surface area contributed by atoms with Crippen LogP contribution in [0.15, 0.2) is 12.1 Å². The molecular formula is C13H17N3S2. The van der Waals surface area contributed by atoms with E-state index in [0.717, 1.165) is 18.8 Å². The zero-order valence-electron chi connectivity index (χ0n) is 10.4. The largest absolute Gasteiger partial charge is 0.383 e. The van der Waals surface area contributed by atoms with Gasteiger partial charge in [-0.05, 0) is 48.8 Å². The molecule has 0 unspecified atom stereocenters. The van der Waals surface area contributed by atoms with Gasteiger partial charge in [0.25, 0.3) is 0 Å². The van der Waals surface area contributed by atoms with Crippen LogP contribution in [0.4, 0.5) is 10.8 Å². The lowest BCUT2D eigenvalue weighted by Crippen LogP contribution is -1.99. The van der Waals surface area contributed by atoms with Gasteiger partial charge < -0.3 is 11.1 Å². The molecule has 18 heavy (non-hydrogen) atoms. The van der Waals surface area contributed by atoms with Crippen LogP contribution in [0.25, 0.3) is 0 Å². The van der Waals surface area contributed by atoms with Gasteiger partial charge in [-0.25, -0.2) is 0 Å². The lowest BCUT2D eigenvalue weighted by atomic mass is 10.2. The molecule has 1 fully saturated rings. The van der Waals surface area contributed by atoms with Gasteiger partial charge in [-0.15, -0.1) is 11.3 Å². The summed E-state index contributed by atoms with van der Waals surface area (Å²) >= 11 is 3.37. The Hall–Kier alpha value is -1.07. The van der Waals surface area contributed by atoms with Crippen LogP contribution in [-0.4, -0.2) is 4.37 Å². The van der Waals surface area contributed by atoms with E-state index >= 15 is 0 Å². The molecule has 3 N–H and O–H groups in total. The normalized spacial score (nSPS) is 14.9. The summed E-state index contributed by atoms with van der Waals surface area (Å²) in [5.74, 6) is 1.38. The van der Waals surface area contributed by atoms with Gasteiger partial charge in [-0.1, -0.05) is 6.92 Å². The molecule has 2 heterocycles. The van der Waals surface area contributed by atoms with Crippen LogP contribution < -0.4 is 11.1 Å². The Balaban J connectivity index is 1.69. The molecule has 3 nitrogen and oxygen atoms in total. The molecule has 0 atom stereocenters. The Bertz CT molecular complexity index is 540. The number of thiophene rings is 1. The molecule has 2 aromatic heterocycles. The zero-order chi connectivity index (χ0) is 12.5. The van der Waals surface area contributed by atoms with Gasteiger partial charge >= 0.3 is 0 Å². The van der Waals surface area contributed by atoms with E-state index < -0.39 is 0 Å². The first-order valence-electron chi connectivity index (χ1n) is 6.34. The van der Waals surface area contributed by atoms with E-state index in [1.54, 1.807) is 0 Å². The lowest BCUT2D eigenvalue weighted by molar-refractivity contribution is 1.11. The van der Waals surface area contributed by atoms with E-state index in [-0.39, 0.29) is 0 Å². The van der Waals surface area contributed by atoms with Crippen LogP contribution in [0.5, 0.6) is 0 Å². The zero-order valence-corrected chi connectivity index (χ0v) is 12.0. The molecule has 3 rings (SSSR count). The Morgan fingerprint density at radius 1 is 1.39 bits per heavy atom. The van der Waals surface area contributed by atoms with Crippen molar-refractivity contribution >= 4 is 33.7 Å². The standard InChI is InChI=1S/C13H17N3S2/c1-2-9-5-6-10(17-9)7-15-13-11(8-3-4-8)12(14)16-18-13/h5-6,8,15H,2-4,7H2,1H3,(H2,14,16). The first-order valence-corrected chi connectivity index (χ1v) is 7.93. The molecule has 0 bridgehead atoms. The third kappa shape index (κ3) is 2.37. The van der Waals surface area contributed by atoms with Crippen LogP contribution in [0, 0.1) is 0 Å². The summed E-state index contributed by atoms with van der Waals surface area (Å²) in [5, 5.41) is 4.66. The molecule has 96 valence electrons. The predicted octanol–water partition coefficient (Wildman–Crippen LogP) is 3.84. The second-order valence-corrected chi connectivity index (χ2v) is 6.69. The van der Waals surface area contributed by atoms with Gasteiger partial charge in [0.05, 0.1) is 6.54 Å². The van der Waals surface area contributed by atoms with Crippen LogP contribution in [-0.2, 0) is 13.0 Å². The topological polar surface area (TPSA) is 50.9 Å². The maximum atomic E-state index is 5.94. The Morgan fingerprint density at radius 3 is 2.83 bits per heavy atom. The number of nitrogens with two attached hydrogens (primary N) is 1. The molecule has 0 saturated heterocycles. The number of anilines is 2. The first-order chi connectivity index (χ1) is 8.78. The first kappa shape index (κ1) is 12.0. The van der Waals surface area contributed by atoms with Gasteiger partial charge in [0.2, 0.25) is 0 Å². The van der Waals surface area contributed by atoms with Gasteiger partial charge in [0.15, 0.2) is 0 Å². The van der Waals surface area contributed by atoms with E-state index in [1.807, 2.05) is 11.3 Å². The number of hydrogen-bond acceptors (Lipinski definition) is 5. The SMILES string of the molecule is CCc1ccc(CNc2snc(N)c2C2CC2)s1. The molecule has 0 amide bonds. The van der Waals surface area contributed by atoms with Gasteiger partial charge in [0, 0.05) is 15.3 Å². The minimum atomic E-state index is 0.654. The van der Waals surface area contributed by atoms with Crippen molar-refractivity contribution in [2.45, 2.75) is 38.6 Å². The highest BCUT2D eigenvalue weighted by Crippen LogP contribution is 2.47. The maximum absolute atomic E-state index is 5.94. The smallest absolute Gasteiger partial charge is 0.142 e. The summed E-state index contributed by atoms with van der Waals surface area (Å²) in [6.45, 7) is 3.07. The summed E-state index contributed by atoms with van der Waals surface area (Å²) in [5.41, 5.74) is 7.20. The Kier molecular flexibility index (Phi) is 3.26. The van der Waals surface area contributed by atoms with E-state index in [1.165, 1.54) is 44.7 Å². The molecule has 5 heteroatoms. The third-order valence-corrected chi connectivity index (χ3v) is 5.29. The summed E-state index contributed by atoms with van der Waals surface area (Å²) in [4.78, 5) is 2.82. The average Bonchev–Trinajstić information content (AvgIpc) is 2.98. The van der Waals surface area contributed by atoms with Gasteiger partial charge in [0.1, 0.15) is 10.8 Å². The number of hydrogen-bond donors (Lipinski definition) is 2. The van der Waals surface area contributed by atoms with Crippen molar-refractivity contribution < 1.29 is 0 Å². The second-order valence-electron chi connectivity index (χ2n) is 4.66. The van der Waals surface area contributed by atoms with Crippen molar-refractivity contribution in [3.05, 3.63) is 27.5 Å². The highest BCUT2D eigenvalue weighted by atomic mass is 32.1. The summed E-state index contributed by atoms with van der Waals surface area (Å²) in [6, 6.07) is 4.42. The van der Waals surface area contributed by atoms with E-state index in [4.69, 9.17) is 5.73 Å². The molecule has 0 radical (unpaired) electrons. The van der Waals surface area contributed by atoms with Crippen LogP contribution in [0.1, 0.15) is 41.0 Å². The average molecular weight is 279 g/mol. The van der Waals surface area contributed by atoms with Crippen LogP contribution in [0.2, 0.25) is 0 Å². The molecule has 0 spiro atoms. The third-order valence-electron chi connectivity index (χ3n) is 3.23. The number of nitrogens with zero attached hydrogens (tertiary/aromatic N) is 1. The molecular weight excluding hydrogens is 262 g/mol. The highest BCUT2D eigenvalue weighted by Gasteiger charge is 2.30. The molecule has 1 aliphatic carbocycles. The van der Waals surface area contributed by atoms with Gasteiger partial charge in [-0.2, -0.15) is 4.37 Å². The Labute approximate surface area is 115 Å². The van der Waals surface area contributed by atoms with Crippen LogP contribution >= 0.6 is 22.9 Å². The lowest BCUT2D eigenvalue weighted by Gasteiger charge is -2.04. The van der Waals surface area contributed by atoms with Crippen molar-refractivity contribution in [3.8, 4) is 0 Å². The highest BCUT2D eigenvalue weighted by molar-refractivity contribution is 7.12. The minimum absolute atomic E-state index is 0.654. The fourth-order valence-corrected chi connectivity index (χ4v) is 3.77. The number of aromatic nitrogens is 1. The molecule has 1 saturated carbocycles. The van der Waals surface area contributed by atoms with Gasteiger partial charge in [-0.3, -0.25) is 0 Å². The molecule has 1 aliphatic rings. The minimum Gasteiger partial charge on any atom is -0.383 e. The van der Waals surface area contributed by atoms with Crippen molar-refractivity contribution in [2.24, 2.45) is 0 Å². The van der Waals surface area contributed by atoms with Crippen molar-refractivity contribution in [3.63, 3.8) is 0 Å². The number of rotatable bonds is 5. The number of nitrogens with one attached hydrogen (secondary N) is 1. The van der Waals surface area contributed by atoms with E-state index in [0.29, 0.717) is 5.92 Å². The summed E-state index contributed by atoms with van der Waals surface area (Å²) in [6.07, 6.45) is 3.64. The fraction of sp³-hybridized carbons (Fsp3) is 0.462. The van der Waals surface area contributed by atoms with E-state index in [2.05, 4.69) is 28.7 Å². The number of aryl methyl sites for hydroxylation is 1. The summed E-state index contributed by atoms with van der Waals surface area (Å²) in [7, 11) is 0. The van der Waals surface area contributed by atoms with Crippen molar-refractivity contribution in [2.75, 3.05) is 11.1 Å². The van der Waals surface area contributed by atoms with E-state index in [9.17, 15) is 0 Å². The number of nitrogen functional groups attached to an aromatic ring is 1. The summed E-state index contributed by atoms with van der Waals surface area (Å²) < 4.78 is 4.27. The quantitative estimate of drug-likeness (QED) is 0.874. The predicted molar refractivity (Wildman–Crippen MR) is 79.5 cm³/mol. The maximum Gasteiger partial charge on any atom is 0.142 e. The monoisotopic (exact) mass is 279 g/mol. The second kappa shape index (κ2) is 4.90. The molecule has 0 aliphatic heterocycles. The molecule has 0 aromatic carbocycles. The fourth-order valence-electron chi connectivity index (χ4n) is 2.08. The van der Waals surface area contributed by atoms with Crippen molar-refractivity contribution in [1.82, 2.24) is 4.37 Å². The molecule has 2 aromatic rings. The Morgan fingerprint density at radius 2 is 2.17 bits per heavy atom.